The first-order valence-corrected chi connectivity index (χ1v) is 5.59. The van der Waals surface area contributed by atoms with Crippen LogP contribution < -0.4 is 4.90 Å². The number of aliphatic hydroxyl groups is 1. The zero-order chi connectivity index (χ0) is 11.3. The van der Waals surface area contributed by atoms with Crippen LogP contribution in [0.4, 0.5) is 5.69 Å². The van der Waals surface area contributed by atoms with Crippen LogP contribution in [0.15, 0.2) is 24.3 Å². The Morgan fingerprint density at radius 2 is 1.87 bits per heavy atom. The average Bonchev–Trinajstić information content (AvgIpc) is 2.27. The second-order valence-electron chi connectivity index (χ2n) is 4.16. The zero-order valence-electron chi connectivity index (χ0n) is 9.90. The standard InChI is InChI=1S/C13H21NO/c1-4-14(9-12(3)10-15)13-7-5-11(2)6-8-13/h5-8,12,15H,4,9-10H2,1-3H3. The van der Waals surface area contributed by atoms with E-state index in [0.717, 1.165) is 13.1 Å². The van der Waals surface area contributed by atoms with Gasteiger partial charge in [-0.05, 0) is 31.9 Å². The van der Waals surface area contributed by atoms with Gasteiger partial charge in [0.1, 0.15) is 0 Å². The summed E-state index contributed by atoms with van der Waals surface area (Å²) >= 11 is 0. The molecule has 0 heterocycles. The fourth-order valence-corrected chi connectivity index (χ4v) is 1.61. The molecule has 0 saturated carbocycles. The van der Waals surface area contributed by atoms with Crippen molar-refractivity contribution in [2.45, 2.75) is 20.8 Å². The zero-order valence-corrected chi connectivity index (χ0v) is 9.90. The highest BCUT2D eigenvalue weighted by atomic mass is 16.3. The molecule has 0 aliphatic carbocycles. The van der Waals surface area contributed by atoms with Gasteiger partial charge in [-0.25, -0.2) is 0 Å². The van der Waals surface area contributed by atoms with Gasteiger partial charge in [0, 0.05) is 25.4 Å². The third-order valence-electron chi connectivity index (χ3n) is 2.62. The van der Waals surface area contributed by atoms with Crippen molar-refractivity contribution in [1.82, 2.24) is 0 Å². The molecule has 0 amide bonds. The highest BCUT2D eigenvalue weighted by molar-refractivity contribution is 5.47. The van der Waals surface area contributed by atoms with Gasteiger partial charge in [0.2, 0.25) is 0 Å². The van der Waals surface area contributed by atoms with Gasteiger partial charge in [0.15, 0.2) is 0 Å². The third kappa shape index (κ3) is 3.56. The predicted octanol–water partition coefficient (Wildman–Crippen LogP) is 2.45. The van der Waals surface area contributed by atoms with Crippen LogP contribution in [0, 0.1) is 12.8 Å². The number of aryl methyl sites for hydroxylation is 1. The van der Waals surface area contributed by atoms with Gasteiger partial charge in [0.25, 0.3) is 0 Å². The second-order valence-corrected chi connectivity index (χ2v) is 4.16. The van der Waals surface area contributed by atoms with Crippen LogP contribution in [0.2, 0.25) is 0 Å². The van der Waals surface area contributed by atoms with E-state index in [1.165, 1.54) is 11.3 Å². The fraction of sp³-hybridized carbons (Fsp3) is 0.538. The molecule has 0 aromatic heterocycles. The van der Waals surface area contributed by atoms with Gasteiger partial charge >= 0.3 is 0 Å². The lowest BCUT2D eigenvalue weighted by Crippen LogP contribution is -2.29. The Morgan fingerprint density at radius 3 is 2.33 bits per heavy atom. The number of hydrogen-bond donors (Lipinski definition) is 1. The lowest BCUT2D eigenvalue weighted by molar-refractivity contribution is 0.239. The molecular formula is C13H21NO. The van der Waals surface area contributed by atoms with Crippen LogP contribution in [0.25, 0.3) is 0 Å². The monoisotopic (exact) mass is 207 g/mol. The van der Waals surface area contributed by atoms with Crippen molar-refractivity contribution < 1.29 is 5.11 Å². The molecule has 0 saturated heterocycles. The highest BCUT2D eigenvalue weighted by Gasteiger charge is 2.08. The minimum absolute atomic E-state index is 0.252. The van der Waals surface area contributed by atoms with E-state index in [1.807, 2.05) is 0 Å². The number of benzene rings is 1. The highest BCUT2D eigenvalue weighted by Crippen LogP contribution is 2.16. The molecule has 0 spiro atoms. The Morgan fingerprint density at radius 1 is 1.27 bits per heavy atom. The lowest BCUT2D eigenvalue weighted by atomic mass is 10.1. The molecule has 0 bridgehead atoms. The topological polar surface area (TPSA) is 23.5 Å². The minimum atomic E-state index is 0.252. The SMILES string of the molecule is CCN(CC(C)CO)c1ccc(C)cc1. The summed E-state index contributed by atoms with van der Waals surface area (Å²) in [5, 5.41) is 9.04. The van der Waals surface area contributed by atoms with Crippen molar-refractivity contribution in [1.29, 1.82) is 0 Å². The Kier molecular flexibility index (Phi) is 4.63. The summed E-state index contributed by atoms with van der Waals surface area (Å²) in [5.41, 5.74) is 2.52. The molecule has 0 aliphatic heterocycles. The summed E-state index contributed by atoms with van der Waals surface area (Å²) in [6, 6.07) is 8.54. The Labute approximate surface area is 92.5 Å². The van der Waals surface area contributed by atoms with Crippen molar-refractivity contribution in [3.8, 4) is 0 Å². The predicted molar refractivity (Wildman–Crippen MR) is 65.3 cm³/mol. The summed E-state index contributed by atoms with van der Waals surface area (Å²) in [7, 11) is 0. The summed E-state index contributed by atoms with van der Waals surface area (Å²) in [4.78, 5) is 2.29. The molecule has 2 heteroatoms. The largest absolute Gasteiger partial charge is 0.396 e. The molecule has 1 N–H and O–H groups in total. The van der Waals surface area contributed by atoms with E-state index >= 15 is 0 Å². The van der Waals surface area contributed by atoms with Gasteiger partial charge < -0.3 is 10.0 Å². The van der Waals surface area contributed by atoms with E-state index in [1.54, 1.807) is 0 Å². The van der Waals surface area contributed by atoms with Crippen molar-refractivity contribution in [3.05, 3.63) is 29.8 Å². The number of aliphatic hydroxyl groups excluding tert-OH is 1. The molecule has 15 heavy (non-hydrogen) atoms. The molecule has 1 aromatic rings. The van der Waals surface area contributed by atoms with Crippen molar-refractivity contribution in [3.63, 3.8) is 0 Å². The fourth-order valence-electron chi connectivity index (χ4n) is 1.61. The van der Waals surface area contributed by atoms with Gasteiger partial charge in [-0.15, -0.1) is 0 Å². The van der Waals surface area contributed by atoms with Crippen LogP contribution in [0.3, 0.4) is 0 Å². The van der Waals surface area contributed by atoms with Crippen molar-refractivity contribution in [2.24, 2.45) is 5.92 Å². The molecule has 1 unspecified atom stereocenters. The van der Waals surface area contributed by atoms with Crippen LogP contribution in [0.1, 0.15) is 19.4 Å². The Bertz CT molecular complexity index is 281. The normalized spacial score (nSPS) is 12.5. The maximum absolute atomic E-state index is 9.04. The van der Waals surface area contributed by atoms with Crippen LogP contribution in [-0.4, -0.2) is 24.8 Å². The average molecular weight is 207 g/mol. The molecule has 0 fully saturated rings. The quantitative estimate of drug-likeness (QED) is 0.801. The van der Waals surface area contributed by atoms with Gasteiger partial charge in [-0.2, -0.15) is 0 Å². The van der Waals surface area contributed by atoms with E-state index in [4.69, 9.17) is 5.11 Å². The van der Waals surface area contributed by atoms with Gasteiger partial charge in [-0.1, -0.05) is 24.6 Å². The first kappa shape index (κ1) is 12.1. The van der Waals surface area contributed by atoms with E-state index in [9.17, 15) is 0 Å². The maximum atomic E-state index is 9.04. The number of nitrogens with zero attached hydrogens (tertiary/aromatic N) is 1. The second kappa shape index (κ2) is 5.76. The molecule has 0 aliphatic rings. The number of anilines is 1. The molecule has 0 radical (unpaired) electrons. The number of hydrogen-bond acceptors (Lipinski definition) is 2. The van der Waals surface area contributed by atoms with E-state index in [0.29, 0.717) is 5.92 Å². The maximum Gasteiger partial charge on any atom is 0.0473 e. The van der Waals surface area contributed by atoms with E-state index in [-0.39, 0.29) is 6.61 Å². The Balaban J connectivity index is 2.69. The third-order valence-corrected chi connectivity index (χ3v) is 2.62. The van der Waals surface area contributed by atoms with Crippen LogP contribution in [0.5, 0.6) is 0 Å². The summed E-state index contributed by atoms with van der Waals surface area (Å²) in [5.74, 6) is 0.325. The van der Waals surface area contributed by atoms with Gasteiger partial charge in [0.05, 0.1) is 0 Å². The van der Waals surface area contributed by atoms with E-state index < -0.39 is 0 Å². The Hall–Kier alpha value is -1.02. The van der Waals surface area contributed by atoms with Crippen molar-refractivity contribution >= 4 is 5.69 Å². The minimum Gasteiger partial charge on any atom is -0.396 e. The summed E-state index contributed by atoms with van der Waals surface area (Å²) in [6.07, 6.45) is 0. The van der Waals surface area contributed by atoms with Crippen LogP contribution >= 0.6 is 0 Å². The van der Waals surface area contributed by atoms with Crippen LogP contribution in [-0.2, 0) is 0 Å². The summed E-state index contributed by atoms with van der Waals surface area (Å²) < 4.78 is 0. The lowest BCUT2D eigenvalue weighted by Gasteiger charge is -2.25. The van der Waals surface area contributed by atoms with E-state index in [2.05, 4.69) is 49.9 Å². The molecule has 84 valence electrons. The molecular weight excluding hydrogens is 186 g/mol. The molecule has 1 aromatic carbocycles. The first-order chi connectivity index (χ1) is 7.17. The van der Waals surface area contributed by atoms with Crippen molar-refractivity contribution in [2.75, 3.05) is 24.6 Å². The first-order valence-electron chi connectivity index (χ1n) is 5.59. The molecule has 2 nitrogen and oxygen atoms in total. The summed E-state index contributed by atoms with van der Waals surface area (Å²) in [6.45, 7) is 8.45. The smallest absolute Gasteiger partial charge is 0.0473 e. The molecule has 1 atom stereocenters. The van der Waals surface area contributed by atoms with Gasteiger partial charge in [-0.3, -0.25) is 0 Å². The molecule has 1 rings (SSSR count). The number of rotatable bonds is 5.